The molecule has 1 heterocycles. The lowest BCUT2D eigenvalue weighted by Gasteiger charge is -2.37. The van der Waals surface area contributed by atoms with Gasteiger partial charge < -0.3 is 14.8 Å². The zero-order valence-electron chi connectivity index (χ0n) is 18.2. The maximum atomic E-state index is 12.6. The number of methoxy groups -OCH3 is 1. The highest BCUT2D eigenvalue weighted by molar-refractivity contribution is 5.92. The summed E-state index contributed by atoms with van der Waals surface area (Å²) in [5.74, 6) is 1.38. The van der Waals surface area contributed by atoms with Gasteiger partial charge in [-0.15, -0.1) is 0 Å². The Balaban J connectivity index is 1.72. The monoisotopic (exact) mass is 393 g/mol. The number of benzene rings is 2. The molecule has 154 valence electrons. The summed E-state index contributed by atoms with van der Waals surface area (Å²) < 4.78 is 11.4. The molecule has 1 aliphatic heterocycles. The number of carbonyl (C=O) groups excluding carboxylic acids is 1. The molecule has 0 aromatic heterocycles. The van der Waals surface area contributed by atoms with E-state index in [4.69, 9.17) is 9.47 Å². The number of nitrogens with one attached hydrogen (secondary N) is 1. The van der Waals surface area contributed by atoms with Crippen molar-refractivity contribution in [1.82, 2.24) is 5.32 Å². The van der Waals surface area contributed by atoms with Crippen LogP contribution < -0.4 is 14.8 Å². The number of hydrogen-bond donors (Lipinski definition) is 1. The Morgan fingerprint density at radius 2 is 1.86 bits per heavy atom. The molecule has 0 spiro atoms. The summed E-state index contributed by atoms with van der Waals surface area (Å²) in [5, 5.41) is 3.13. The number of amides is 1. The van der Waals surface area contributed by atoms with Crippen LogP contribution in [-0.4, -0.2) is 18.6 Å². The van der Waals surface area contributed by atoms with Gasteiger partial charge in [0.2, 0.25) is 5.91 Å². The Morgan fingerprint density at radius 3 is 2.48 bits per heavy atom. The smallest absolute Gasteiger partial charge is 0.244 e. The van der Waals surface area contributed by atoms with Gasteiger partial charge in [-0.2, -0.15) is 0 Å². The van der Waals surface area contributed by atoms with Crippen LogP contribution in [0.5, 0.6) is 11.5 Å². The molecule has 1 aliphatic rings. The van der Waals surface area contributed by atoms with Crippen LogP contribution in [0.4, 0.5) is 0 Å². The largest absolute Gasteiger partial charge is 0.497 e. The van der Waals surface area contributed by atoms with Crippen molar-refractivity contribution in [3.63, 3.8) is 0 Å². The van der Waals surface area contributed by atoms with Gasteiger partial charge in [-0.05, 0) is 48.6 Å². The summed E-state index contributed by atoms with van der Waals surface area (Å²) in [5.41, 5.74) is 3.00. The minimum Gasteiger partial charge on any atom is -0.497 e. The first kappa shape index (κ1) is 21.0. The lowest BCUT2D eigenvalue weighted by molar-refractivity contribution is -0.117. The lowest BCUT2D eigenvalue weighted by Crippen LogP contribution is -2.40. The predicted molar refractivity (Wildman–Crippen MR) is 117 cm³/mol. The predicted octanol–water partition coefficient (Wildman–Crippen LogP) is 5.42. The third-order valence-electron chi connectivity index (χ3n) is 5.20. The van der Waals surface area contributed by atoms with E-state index in [2.05, 4.69) is 38.2 Å². The molecule has 4 nitrogen and oxygen atoms in total. The molecule has 0 radical (unpaired) electrons. The molecule has 0 saturated carbocycles. The van der Waals surface area contributed by atoms with Crippen LogP contribution in [0.2, 0.25) is 0 Å². The van der Waals surface area contributed by atoms with E-state index in [0.717, 1.165) is 22.6 Å². The van der Waals surface area contributed by atoms with Gasteiger partial charge >= 0.3 is 0 Å². The Bertz CT molecular complexity index is 905. The normalized spacial score (nSPS) is 18.1. The Labute approximate surface area is 173 Å². The number of rotatable bonds is 4. The summed E-state index contributed by atoms with van der Waals surface area (Å²) in [6, 6.07) is 13.9. The van der Waals surface area contributed by atoms with E-state index in [0.29, 0.717) is 6.42 Å². The average molecular weight is 394 g/mol. The van der Waals surface area contributed by atoms with Crippen molar-refractivity contribution in [3.8, 4) is 11.5 Å². The van der Waals surface area contributed by atoms with Crippen LogP contribution in [0.1, 0.15) is 63.8 Å². The fourth-order valence-electron chi connectivity index (χ4n) is 3.57. The summed E-state index contributed by atoms with van der Waals surface area (Å²) >= 11 is 0. The van der Waals surface area contributed by atoms with E-state index < -0.39 is 0 Å². The van der Waals surface area contributed by atoms with Crippen LogP contribution in [-0.2, 0) is 10.2 Å². The van der Waals surface area contributed by atoms with Gasteiger partial charge in [-0.3, -0.25) is 4.79 Å². The third-order valence-corrected chi connectivity index (χ3v) is 5.20. The van der Waals surface area contributed by atoms with Crippen molar-refractivity contribution >= 4 is 12.0 Å². The van der Waals surface area contributed by atoms with Crippen molar-refractivity contribution in [3.05, 3.63) is 65.2 Å². The summed E-state index contributed by atoms with van der Waals surface area (Å²) in [6.07, 6.45) is 4.14. The molecule has 1 atom stereocenters. The number of hydrogen-bond acceptors (Lipinski definition) is 3. The topological polar surface area (TPSA) is 47.6 Å². The van der Waals surface area contributed by atoms with Crippen LogP contribution in [0.25, 0.3) is 6.08 Å². The molecule has 1 N–H and O–H groups in total. The number of ether oxygens (including phenoxy) is 2. The first-order valence-corrected chi connectivity index (χ1v) is 10.0. The van der Waals surface area contributed by atoms with E-state index >= 15 is 0 Å². The van der Waals surface area contributed by atoms with Gasteiger partial charge in [-0.1, -0.05) is 45.0 Å². The highest BCUT2D eigenvalue weighted by atomic mass is 16.5. The molecule has 0 saturated heterocycles. The van der Waals surface area contributed by atoms with Crippen LogP contribution >= 0.6 is 0 Å². The Hall–Kier alpha value is -2.75. The van der Waals surface area contributed by atoms with Crippen molar-refractivity contribution in [2.75, 3.05) is 7.11 Å². The molecule has 3 rings (SSSR count). The van der Waals surface area contributed by atoms with Crippen molar-refractivity contribution in [1.29, 1.82) is 0 Å². The quantitative estimate of drug-likeness (QED) is 0.705. The molecule has 4 heteroatoms. The van der Waals surface area contributed by atoms with Crippen molar-refractivity contribution in [2.24, 2.45) is 0 Å². The summed E-state index contributed by atoms with van der Waals surface area (Å²) in [7, 11) is 1.63. The maximum Gasteiger partial charge on any atom is 0.244 e. The van der Waals surface area contributed by atoms with Crippen molar-refractivity contribution < 1.29 is 14.3 Å². The SMILES string of the molecule is COc1ccc2c(c1)OC(C)(C)C[C@H]2NC(=O)/C=C/c1ccc(C(C)(C)C)cc1. The van der Waals surface area contributed by atoms with Gasteiger partial charge in [0, 0.05) is 24.1 Å². The Kier molecular flexibility index (Phi) is 5.74. The van der Waals surface area contributed by atoms with E-state index in [1.54, 1.807) is 13.2 Å². The lowest BCUT2D eigenvalue weighted by atomic mass is 9.87. The third kappa shape index (κ3) is 5.20. The molecular weight excluding hydrogens is 362 g/mol. The van der Waals surface area contributed by atoms with E-state index in [9.17, 15) is 4.79 Å². The molecule has 29 heavy (non-hydrogen) atoms. The Morgan fingerprint density at radius 1 is 1.17 bits per heavy atom. The van der Waals surface area contributed by atoms with Gasteiger partial charge in [0.15, 0.2) is 0 Å². The second-order valence-electron chi connectivity index (χ2n) is 9.24. The van der Waals surface area contributed by atoms with Crippen LogP contribution in [0, 0.1) is 0 Å². The van der Waals surface area contributed by atoms with Gasteiger partial charge in [0.05, 0.1) is 13.2 Å². The van der Waals surface area contributed by atoms with Crippen LogP contribution in [0.15, 0.2) is 48.5 Å². The molecule has 0 fully saturated rings. The van der Waals surface area contributed by atoms with Crippen molar-refractivity contribution in [2.45, 2.75) is 58.1 Å². The fraction of sp³-hybridized carbons (Fsp3) is 0.400. The molecule has 2 aromatic carbocycles. The minimum atomic E-state index is -0.371. The van der Waals surface area contributed by atoms with Gasteiger partial charge in [0.1, 0.15) is 17.1 Å². The first-order valence-electron chi connectivity index (χ1n) is 10.0. The second kappa shape index (κ2) is 7.94. The zero-order valence-corrected chi connectivity index (χ0v) is 18.2. The molecule has 0 aliphatic carbocycles. The average Bonchev–Trinajstić information content (AvgIpc) is 2.64. The number of carbonyl (C=O) groups is 1. The zero-order chi connectivity index (χ0) is 21.2. The second-order valence-corrected chi connectivity index (χ2v) is 9.24. The first-order chi connectivity index (χ1) is 13.6. The van der Waals surface area contributed by atoms with Gasteiger partial charge in [0.25, 0.3) is 0 Å². The highest BCUT2D eigenvalue weighted by Gasteiger charge is 2.34. The molecule has 0 unspecified atom stereocenters. The van der Waals surface area contributed by atoms with E-state index in [1.165, 1.54) is 5.56 Å². The molecular formula is C25H31NO3. The molecule has 2 aromatic rings. The number of fused-ring (bicyclic) bond motifs is 1. The highest BCUT2D eigenvalue weighted by Crippen LogP contribution is 2.41. The molecule has 1 amide bonds. The molecule has 0 bridgehead atoms. The fourth-order valence-corrected chi connectivity index (χ4v) is 3.57. The van der Waals surface area contributed by atoms with E-state index in [-0.39, 0.29) is 23.0 Å². The maximum absolute atomic E-state index is 12.6. The minimum absolute atomic E-state index is 0.111. The summed E-state index contributed by atoms with van der Waals surface area (Å²) in [6.45, 7) is 10.6. The van der Waals surface area contributed by atoms with Gasteiger partial charge in [-0.25, -0.2) is 0 Å². The van der Waals surface area contributed by atoms with Crippen LogP contribution in [0.3, 0.4) is 0 Å². The van der Waals surface area contributed by atoms with E-state index in [1.807, 2.05) is 50.3 Å². The summed E-state index contributed by atoms with van der Waals surface area (Å²) in [4.78, 5) is 12.6. The standard InChI is InChI=1S/C25H31NO3/c1-24(2,3)18-10-7-17(8-11-18)9-14-23(27)26-21-16-25(4,5)29-22-15-19(28-6)12-13-20(21)22/h7-15,21H,16H2,1-6H3,(H,26,27)/b14-9+/t21-/m1/s1.